The predicted molar refractivity (Wildman–Crippen MR) is 94.8 cm³/mol. The van der Waals surface area contributed by atoms with Crippen molar-refractivity contribution in [2.45, 2.75) is 50.9 Å². The molecule has 0 radical (unpaired) electrons. The van der Waals surface area contributed by atoms with Crippen LogP contribution in [-0.2, 0) is 22.7 Å². The van der Waals surface area contributed by atoms with E-state index in [-0.39, 0.29) is 18.2 Å². The zero-order valence-electron chi connectivity index (χ0n) is 15.2. The molecule has 0 amide bonds. The van der Waals surface area contributed by atoms with Crippen LogP contribution in [0.15, 0.2) is 41.4 Å². The minimum absolute atomic E-state index is 0.0443. The van der Waals surface area contributed by atoms with E-state index in [1.807, 2.05) is 13.8 Å². The molecular formula is C18H21F3N2O3S. The van der Waals surface area contributed by atoms with Crippen LogP contribution in [0.1, 0.15) is 37.0 Å². The Morgan fingerprint density at radius 3 is 2.56 bits per heavy atom. The van der Waals surface area contributed by atoms with Crippen LogP contribution in [0.25, 0.3) is 0 Å². The van der Waals surface area contributed by atoms with Gasteiger partial charge in [0.2, 0.25) is 15.9 Å². The van der Waals surface area contributed by atoms with Gasteiger partial charge in [-0.15, -0.1) is 0 Å². The lowest BCUT2D eigenvalue weighted by molar-refractivity contribution is -0.137. The number of aromatic nitrogens is 1. The molecule has 0 spiro atoms. The fraction of sp³-hybridized carbons (Fsp3) is 0.389. The fourth-order valence-electron chi connectivity index (χ4n) is 2.24. The maximum atomic E-state index is 12.9. The van der Waals surface area contributed by atoms with E-state index in [1.54, 1.807) is 12.1 Å². The lowest BCUT2D eigenvalue weighted by atomic mass is 10.1. The highest BCUT2D eigenvalue weighted by atomic mass is 32.2. The zero-order chi connectivity index (χ0) is 20.2. The minimum Gasteiger partial charge on any atom is -0.475 e. The summed E-state index contributed by atoms with van der Waals surface area (Å²) in [6.07, 6.45) is -2.40. The number of rotatable bonds is 7. The molecule has 0 bridgehead atoms. The Labute approximate surface area is 156 Å². The first-order chi connectivity index (χ1) is 12.5. The van der Waals surface area contributed by atoms with Crippen LogP contribution >= 0.6 is 0 Å². The van der Waals surface area contributed by atoms with Crippen LogP contribution in [-0.4, -0.2) is 19.5 Å². The van der Waals surface area contributed by atoms with Crippen molar-refractivity contribution in [3.63, 3.8) is 0 Å². The van der Waals surface area contributed by atoms with Gasteiger partial charge in [-0.3, -0.25) is 0 Å². The molecule has 1 N–H and O–H groups in total. The molecule has 0 aliphatic carbocycles. The van der Waals surface area contributed by atoms with Gasteiger partial charge in [-0.25, -0.2) is 18.1 Å². The van der Waals surface area contributed by atoms with Crippen molar-refractivity contribution < 1.29 is 26.3 Å². The first-order valence-electron chi connectivity index (χ1n) is 8.32. The van der Waals surface area contributed by atoms with Crippen molar-refractivity contribution in [1.29, 1.82) is 0 Å². The molecule has 27 heavy (non-hydrogen) atoms. The number of pyridine rings is 1. The quantitative estimate of drug-likeness (QED) is 0.758. The van der Waals surface area contributed by atoms with Crippen molar-refractivity contribution in [3.05, 3.63) is 53.2 Å². The molecule has 1 atom stereocenters. The van der Waals surface area contributed by atoms with Crippen LogP contribution < -0.4 is 9.46 Å². The summed E-state index contributed by atoms with van der Waals surface area (Å²) in [5, 5.41) is 0. The van der Waals surface area contributed by atoms with E-state index >= 15 is 0 Å². The topological polar surface area (TPSA) is 68.3 Å². The first-order valence-corrected chi connectivity index (χ1v) is 9.80. The number of nitrogens with zero attached hydrogens (tertiary/aromatic N) is 1. The van der Waals surface area contributed by atoms with Gasteiger partial charge in [0.25, 0.3) is 0 Å². The average molecular weight is 402 g/mol. The van der Waals surface area contributed by atoms with E-state index in [0.717, 1.165) is 18.6 Å². The first kappa shape index (κ1) is 21.2. The Morgan fingerprint density at radius 1 is 1.22 bits per heavy atom. The molecule has 2 rings (SSSR count). The predicted octanol–water partition coefficient (Wildman–Crippen LogP) is 4.06. The Hall–Kier alpha value is -2.13. The van der Waals surface area contributed by atoms with Crippen molar-refractivity contribution in [1.82, 2.24) is 9.71 Å². The number of ether oxygens (including phenoxy) is 1. The van der Waals surface area contributed by atoms with Crippen molar-refractivity contribution in [2.75, 3.05) is 0 Å². The van der Waals surface area contributed by atoms with Gasteiger partial charge in [-0.2, -0.15) is 13.2 Å². The number of hydrogen-bond donors (Lipinski definition) is 1. The Morgan fingerprint density at radius 2 is 1.93 bits per heavy atom. The summed E-state index contributed by atoms with van der Waals surface area (Å²) < 4.78 is 71.5. The molecule has 0 aliphatic heterocycles. The second-order valence-corrected chi connectivity index (χ2v) is 7.88. The lowest BCUT2D eigenvalue weighted by Gasteiger charge is -2.14. The molecule has 0 fully saturated rings. The van der Waals surface area contributed by atoms with E-state index in [1.165, 1.54) is 13.1 Å². The highest BCUT2D eigenvalue weighted by Gasteiger charge is 2.32. The normalized spacial score (nSPS) is 13.4. The Kier molecular flexibility index (Phi) is 6.48. The molecular weight excluding hydrogens is 381 g/mol. The van der Waals surface area contributed by atoms with Crippen molar-refractivity contribution >= 4 is 10.0 Å². The number of alkyl halides is 3. The summed E-state index contributed by atoms with van der Waals surface area (Å²) in [7, 11) is -4.12. The zero-order valence-corrected chi connectivity index (χ0v) is 16.0. The van der Waals surface area contributed by atoms with Gasteiger partial charge in [-0.05, 0) is 49.6 Å². The molecule has 1 heterocycles. The third-order valence-electron chi connectivity index (χ3n) is 3.97. The van der Waals surface area contributed by atoms with Gasteiger partial charge in [0.1, 0.15) is 0 Å². The van der Waals surface area contributed by atoms with Gasteiger partial charge in [0.05, 0.1) is 16.6 Å². The summed E-state index contributed by atoms with van der Waals surface area (Å²) in [6, 6.07) is 5.83. The fourth-order valence-corrected chi connectivity index (χ4v) is 3.52. The van der Waals surface area contributed by atoms with Gasteiger partial charge < -0.3 is 4.74 Å². The molecule has 1 aromatic carbocycles. The molecule has 1 aromatic heterocycles. The lowest BCUT2D eigenvalue weighted by Crippen LogP contribution is -2.24. The highest BCUT2D eigenvalue weighted by Crippen LogP contribution is 2.31. The highest BCUT2D eigenvalue weighted by molar-refractivity contribution is 7.89. The molecule has 0 saturated carbocycles. The van der Waals surface area contributed by atoms with Gasteiger partial charge in [0.15, 0.2) is 0 Å². The summed E-state index contributed by atoms with van der Waals surface area (Å²) in [5.74, 6) is 0.358. The number of aryl methyl sites for hydroxylation is 1. The maximum absolute atomic E-state index is 12.9. The molecule has 1 unspecified atom stereocenters. The van der Waals surface area contributed by atoms with E-state index in [4.69, 9.17) is 4.74 Å². The van der Waals surface area contributed by atoms with E-state index < -0.39 is 26.7 Å². The van der Waals surface area contributed by atoms with E-state index in [0.29, 0.717) is 17.5 Å². The summed E-state index contributed by atoms with van der Waals surface area (Å²) in [5.41, 5.74) is -0.204. The van der Waals surface area contributed by atoms with E-state index in [9.17, 15) is 21.6 Å². The number of nitrogens with one attached hydrogen (secondary N) is 1. The molecule has 0 saturated heterocycles. The van der Waals surface area contributed by atoms with Crippen molar-refractivity contribution in [2.24, 2.45) is 0 Å². The largest absolute Gasteiger partial charge is 0.475 e. The number of benzene rings is 1. The van der Waals surface area contributed by atoms with Crippen LogP contribution in [0.4, 0.5) is 13.2 Å². The third-order valence-corrected chi connectivity index (χ3v) is 5.51. The standard InChI is InChI=1S/C18H21F3N2O3S/c1-4-13(3)26-17-9-14(7-8-22-17)11-23-27(24,25)16-10-15(18(19,20)21)6-5-12(16)2/h5-10,13,23H,4,11H2,1-3H3. The number of hydrogen-bond acceptors (Lipinski definition) is 4. The second-order valence-electron chi connectivity index (χ2n) is 6.14. The van der Waals surface area contributed by atoms with Gasteiger partial charge >= 0.3 is 6.18 Å². The summed E-state index contributed by atoms with van der Waals surface area (Å²) in [6.45, 7) is 5.18. The van der Waals surface area contributed by atoms with Crippen LogP contribution in [0, 0.1) is 6.92 Å². The monoisotopic (exact) mass is 402 g/mol. The molecule has 9 heteroatoms. The van der Waals surface area contributed by atoms with Crippen LogP contribution in [0.2, 0.25) is 0 Å². The Balaban J connectivity index is 2.19. The van der Waals surface area contributed by atoms with E-state index in [2.05, 4.69) is 9.71 Å². The summed E-state index contributed by atoms with van der Waals surface area (Å²) in [4.78, 5) is 3.66. The third kappa shape index (κ3) is 5.67. The molecule has 2 aromatic rings. The van der Waals surface area contributed by atoms with Gasteiger partial charge in [-0.1, -0.05) is 13.0 Å². The maximum Gasteiger partial charge on any atom is 0.416 e. The van der Waals surface area contributed by atoms with Gasteiger partial charge in [0, 0.05) is 18.8 Å². The summed E-state index contributed by atoms with van der Waals surface area (Å²) >= 11 is 0. The average Bonchev–Trinajstić information content (AvgIpc) is 2.59. The van der Waals surface area contributed by atoms with Crippen LogP contribution in [0.3, 0.4) is 0 Å². The smallest absolute Gasteiger partial charge is 0.416 e. The number of halogens is 3. The Bertz CT molecular complexity index is 899. The van der Waals surface area contributed by atoms with Crippen LogP contribution in [0.5, 0.6) is 5.88 Å². The van der Waals surface area contributed by atoms with Crippen molar-refractivity contribution in [3.8, 4) is 5.88 Å². The molecule has 148 valence electrons. The SMILES string of the molecule is CCC(C)Oc1cc(CNS(=O)(=O)c2cc(C(F)(F)F)ccc2C)ccn1. The molecule has 5 nitrogen and oxygen atoms in total. The molecule has 0 aliphatic rings. The number of sulfonamides is 1. The second kappa shape index (κ2) is 8.26. The minimum atomic E-state index is -4.62.